The van der Waals surface area contributed by atoms with Gasteiger partial charge in [0, 0.05) is 5.54 Å². The summed E-state index contributed by atoms with van der Waals surface area (Å²) < 4.78 is 38.6. The number of benzene rings is 1. The highest BCUT2D eigenvalue weighted by atomic mass is 19.4. The van der Waals surface area contributed by atoms with Crippen molar-refractivity contribution in [2.75, 3.05) is 6.54 Å². The van der Waals surface area contributed by atoms with Crippen LogP contribution in [0.1, 0.15) is 49.7 Å². The molecule has 2 aliphatic rings. The van der Waals surface area contributed by atoms with E-state index in [2.05, 4.69) is 5.32 Å². The number of rotatable bonds is 3. The molecule has 1 aliphatic heterocycles. The van der Waals surface area contributed by atoms with E-state index in [1.165, 1.54) is 44.2 Å². The molecule has 1 heterocycles. The van der Waals surface area contributed by atoms with Crippen LogP contribution in [0.5, 0.6) is 0 Å². The molecule has 1 aliphatic carbocycles. The molecule has 0 radical (unpaired) electrons. The van der Waals surface area contributed by atoms with Gasteiger partial charge in [-0.05, 0) is 56.2 Å². The standard InChI is InChI=1S/C17H22F3N/c18-17(19,20)15-6-4-5-13(11-15)12-16(14-7-8-14)9-2-1-3-10-21-16/h4-6,11,14,21H,1-3,7-10,12H2. The summed E-state index contributed by atoms with van der Waals surface area (Å²) in [6, 6.07) is 5.87. The lowest BCUT2D eigenvalue weighted by molar-refractivity contribution is -0.137. The first-order valence-electron chi connectivity index (χ1n) is 7.91. The van der Waals surface area contributed by atoms with Crippen LogP contribution >= 0.6 is 0 Å². The second-order valence-electron chi connectivity index (χ2n) is 6.54. The lowest BCUT2D eigenvalue weighted by Crippen LogP contribution is -2.48. The third-order valence-corrected chi connectivity index (χ3v) is 4.91. The zero-order valence-electron chi connectivity index (χ0n) is 12.2. The van der Waals surface area contributed by atoms with Crippen LogP contribution in [0.15, 0.2) is 24.3 Å². The predicted octanol–water partition coefficient (Wildman–Crippen LogP) is 4.56. The molecule has 0 spiro atoms. The van der Waals surface area contributed by atoms with Crippen molar-refractivity contribution in [1.29, 1.82) is 0 Å². The van der Waals surface area contributed by atoms with E-state index in [1.807, 2.05) is 6.07 Å². The van der Waals surface area contributed by atoms with Crippen molar-refractivity contribution < 1.29 is 13.2 Å². The fourth-order valence-electron chi connectivity index (χ4n) is 3.67. The fraction of sp³-hybridized carbons (Fsp3) is 0.647. The van der Waals surface area contributed by atoms with Crippen molar-refractivity contribution in [3.8, 4) is 0 Å². The number of hydrogen-bond acceptors (Lipinski definition) is 1. The zero-order chi connectivity index (χ0) is 14.9. The Hall–Kier alpha value is -1.03. The fourth-order valence-corrected chi connectivity index (χ4v) is 3.67. The Labute approximate surface area is 123 Å². The van der Waals surface area contributed by atoms with Gasteiger partial charge in [0.05, 0.1) is 5.56 Å². The summed E-state index contributed by atoms with van der Waals surface area (Å²) in [6.07, 6.45) is 3.58. The van der Waals surface area contributed by atoms with Gasteiger partial charge in [0.2, 0.25) is 0 Å². The van der Waals surface area contributed by atoms with Gasteiger partial charge in [-0.15, -0.1) is 0 Å². The van der Waals surface area contributed by atoms with E-state index in [-0.39, 0.29) is 5.54 Å². The van der Waals surface area contributed by atoms with Crippen LogP contribution in [0.2, 0.25) is 0 Å². The van der Waals surface area contributed by atoms with Gasteiger partial charge in [-0.3, -0.25) is 0 Å². The topological polar surface area (TPSA) is 12.0 Å². The number of alkyl halides is 3. The van der Waals surface area contributed by atoms with E-state index < -0.39 is 11.7 Å². The largest absolute Gasteiger partial charge is 0.416 e. The summed E-state index contributed by atoms with van der Waals surface area (Å²) in [7, 11) is 0. The molecule has 0 amide bonds. The third kappa shape index (κ3) is 3.42. The van der Waals surface area contributed by atoms with Gasteiger partial charge < -0.3 is 5.32 Å². The van der Waals surface area contributed by atoms with Crippen LogP contribution in [0.25, 0.3) is 0 Å². The van der Waals surface area contributed by atoms with Crippen LogP contribution in [0, 0.1) is 5.92 Å². The molecule has 21 heavy (non-hydrogen) atoms. The van der Waals surface area contributed by atoms with Gasteiger partial charge in [-0.25, -0.2) is 0 Å². The van der Waals surface area contributed by atoms with Crippen LogP contribution in [-0.2, 0) is 12.6 Å². The smallest absolute Gasteiger partial charge is 0.311 e. The molecule has 3 rings (SSSR count). The predicted molar refractivity (Wildman–Crippen MR) is 77.1 cm³/mol. The summed E-state index contributed by atoms with van der Waals surface area (Å²) in [4.78, 5) is 0. The van der Waals surface area contributed by atoms with E-state index in [0.717, 1.165) is 31.0 Å². The van der Waals surface area contributed by atoms with Gasteiger partial charge in [-0.2, -0.15) is 13.2 Å². The van der Waals surface area contributed by atoms with E-state index >= 15 is 0 Å². The maximum atomic E-state index is 12.9. The van der Waals surface area contributed by atoms with E-state index in [0.29, 0.717) is 5.92 Å². The molecule has 1 saturated carbocycles. The molecule has 1 saturated heterocycles. The Morgan fingerprint density at radius 1 is 1.14 bits per heavy atom. The number of nitrogens with one attached hydrogen (secondary N) is 1. The minimum absolute atomic E-state index is 0.0285. The Morgan fingerprint density at radius 3 is 2.67 bits per heavy atom. The minimum Gasteiger partial charge on any atom is -0.311 e. The molecule has 116 valence electrons. The van der Waals surface area contributed by atoms with Crippen molar-refractivity contribution in [2.45, 2.75) is 56.7 Å². The van der Waals surface area contributed by atoms with Crippen molar-refractivity contribution in [3.63, 3.8) is 0 Å². The van der Waals surface area contributed by atoms with Crippen LogP contribution in [0.4, 0.5) is 13.2 Å². The van der Waals surface area contributed by atoms with E-state index in [9.17, 15) is 13.2 Å². The molecule has 0 aromatic heterocycles. The summed E-state index contributed by atoms with van der Waals surface area (Å²) >= 11 is 0. The lowest BCUT2D eigenvalue weighted by atomic mass is 9.82. The third-order valence-electron chi connectivity index (χ3n) is 4.91. The lowest BCUT2D eigenvalue weighted by Gasteiger charge is -2.35. The molecule has 1 N–H and O–H groups in total. The number of halogens is 3. The van der Waals surface area contributed by atoms with Gasteiger partial charge in [0.1, 0.15) is 0 Å². The van der Waals surface area contributed by atoms with Crippen LogP contribution in [0.3, 0.4) is 0 Å². The average Bonchev–Trinajstić information content (AvgIpc) is 3.25. The van der Waals surface area contributed by atoms with Crippen LogP contribution in [-0.4, -0.2) is 12.1 Å². The second kappa shape index (κ2) is 5.64. The first-order valence-corrected chi connectivity index (χ1v) is 7.91. The molecular weight excluding hydrogens is 275 g/mol. The van der Waals surface area contributed by atoms with Gasteiger partial charge in [-0.1, -0.05) is 31.0 Å². The second-order valence-corrected chi connectivity index (χ2v) is 6.54. The minimum atomic E-state index is -4.25. The first kappa shape index (κ1) is 14.9. The average molecular weight is 297 g/mol. The van der Waals surface area contributed by atoms with Gasteiger partial charge in [0.15, 0.2) is 0 Å². The Balaban J connectivity index is 1.83. The summed E-state index contributed by atoms with van der Waals surface area (Å²) in [5.74, 6) is 0.644. The summed E-state index contributed by atoms with van der Waals surface area (Å²) in [5, 5.41) is 3.68. The van der Waals surface area contributed by atoms with Crippen molar-refractivity contribution in [1.82, 2.24) is 5.32 Å². The monoisotopic (exact) mass is 297 g/mol. The van der Waals surface area contributed by atoms with Crippen molar-refractivity contribution >= 4 is 0 Å². The highest BCUT2D eigenvalue weighted by Crippen LogP contribution is 2.45. The van der Waals surface area contributed by atoms with Gasteiger partial charge in [0.25, 0.3) is 0 Å². The normalized spacial score (nSPS) is 27.4. The molecule has 4 heteroatoms. The molecule has 1 atom stereocenters. The maximum absolute atomic E-state index is 12.9. The Morgan fingerprint density at radius 2 is 1.95 bits per heavy atom. The molecule has 0 bridgehead atoms. The highest BCUT2D eigenvalue weighted by Gasteiger charge is 2.45. The highest BCUT2D eigenvalue weighted by molar-refractivity contribution is 5.28. The maximum Gasteiger partial charge on any atom is 0.416 e. The Bertz CT molecular complexity index is 483. The molecular formula is C17H22F3N. The molecule has 1 nitrogen and oxygen atoms in total. The zero-order valence-corrected chi connectivity index (χ0v) is 12.2. The molecule has 1 aromatic rings. The first-order chi connectivity index (χ1) is 10.00. The summed E-state index contributed by atoms with van der Waals surface area (Å²) in [5.41, 5.74) is 0.312. The SMILES string of the molecule is FC(F)(F)c1cccc(CC2(C3CC3)CCCCCN2)c1. The van der Waals surface area contributed by atoms with Crippen molar-refractivity contribution in [3.05, 3.63) is 35.4 Å². The van der Waals surface area contributed by atoms with E-state index in [4.69, 9.17) is 0 Å². The quantitative estimate of drug-likeness (QED) is 0.862. The molecule has 1 unspecified atom stereocenters. The van der Waals surface area contributed by atoms with Crippen LogP contribution < -0.4 is 5.32 Å². The molecule has 1 aromatic carbocycles. The summed E-state index contributed by atoms with van der Waals surface area (Å²) in [6.45, 7) is 0.995. The molecule has 2 fully saturated rings. The van der Waals surface area contributed by atoms with E-state index in [1.54, 1.807) is 0 Å². The number of hydrogen-bond donors (Lipinski definition) is 1. The van der Waals surface area contributed by atoms with Gasteiger partial charge >= 0.3 is 6.18 Å². The Kier molecular flexibility index (Phi) is 4.00. The van der Waals surface area contributed by atoms with Crippen molar-refractivity contribution in [2.24, 2.45) is 5.92 Å².